The number of piperidine rings is 1. The van der Waals surface area contributed by atoms with Gasteiger partial charge < -0.3 is 24.0 Å². The van der Waals surface area contributed by atoms with Gasteiger partial charge in [-0.05, 0) is 49.4 Å². The highest BCUT2D eigenvalue weighted by Gasteiger charge is 2.25. The lowest BCUT2D eigenvalue weighted by Crippen LogP contribution is -2.37. The van der Waals surface area contributed by atoms with E-state index in [4.69, 9.17) is 31.2 Å². The number of hydrogen-bond acceptors (Lipinski definition) is 8. The van der Waals surface area contributed by atoms with E-state index in [2.05, 4.69) is 9.88 Å². The second-order valence-corrected chi connectivity index (χ2v) is 9.46. The molecule has 2 aromatic heterocycles. The first kappa shape index (κ1) is 26.4. The summed E-state index contributed by atoms with van der Waals surface area (Å²) in [6.07, 6.45) is 4.28. The fourth-order valence-electron chi connectivity index (χ4n) is 4.59. The molecule has 11 heteroatoms. The molecule has 1 aliphatic heterocycles. The molecule has 3 heterocycles. The summed E-state index contributed by atoms with van der Waals surface area (Å²) in [5.74, 6) is -0.622. The molecule has 37 heavy (non-hydrogen) atoms. The second kappa shape index (κ2) is 11.6. The first-order chi connectivity index (χ1) is 17.7. The van der Waals surface area contributed by atoms with Gasteiger partial charge in [0.2, 0.25) is 5.95 Å². The van der Waals surface area contributed by atoms with Gasteiger partial charge in [0.05, 0.1) is 35.5 Å². The lowest BCUT2D eigenvalue weighted by Gasteiger charge is -2.32. The molecule has 3 aromatic rings. The summed E-state index contributed by atoms with van der Waals surface area (Å²) in [6, 6.07) is 7.17. The molecule has 0 aliphatic carbocycles. The molecule has 0 bridgehead atoms. The number of carbonyl (C=O) groups excluding carboxylic acids is 1. The van der Waals surface area contributed by atoms with Crippen LogP contribution in [0.5, 0.6) is 5.75 Å². The number of nitrogens with zero attached hydrogens (tertiary/aromatic N) is 4. The number of benzene rings is 1. The van der Waals surface area contributed by atoms with E-state index >= 15 is 0 Å². The number of aromatic nitrogens is 3. The highest BCUT2D eigenvalue weighted by atomic mass is 35.5. The molecule has 0 amide bonds. The molecular formula is C26H29ClN4O6. The van der Waals surface area contributed by atoms with Crippen LogP contribution in [-0.2, 0) is 27.8 Å². The summed E-state index contributed by atoms with van der Waals surface area (Å²) in [7, 11) is 1.61. The van der Waals surface area contributed by atoms with Gasteiger partial charge in [-0.15, -0.1) is 0 Å². The van der Waals surface area contributed by atoms with E-state index in [1.54, 1.807) is 26.2 Å². The Bertz CT molecular complexity index is 1380. The molecule has 0 spiro atoms. The zero-order valence-electron chi connectivity index (χ0n) is 20.8. The molecular weight excluding hydrogens is 500 g/mol. The number of aryl methyl sites for hydroxylation is 1. The summed E-state index contributed by atoms with van der Waals surface area (Å²) in [4.78, 5) is 46.6. The van der Waals surface area contributed by atoms with E-state index in [1.807, 2.05) is 18.2 Å². The number of hydrogen-bond donors (Lipinski definition) is 1. The number of esters is 1. The van der Waals surface area contributed by atoms with Crippen LogP contribution in [0, 0.1) is 5.92 Å². The third-order valence-corrected chi connectivity index (χ3v) is 6.66. The van der Waals surface area contributed by atoms with Crippen molar-refractivity contribution < 1.29 is 24.2 Å². The van der Waals surface area contributed by atoms with Crippen molar-refractivity contribution in [3.05, 3.63) is 57.1 Å². The third kappa shape index (κ3) is 6.37. The van der Waals surface area contributed by atoms with E-state index < -0.39 is 18.1 Å². The molecule has 1 unspecified atom stereocenters. The largest absolute Gasteiger partial charge is 0.479 e. The number of carboxylic acid groups (broad SMARTS) is 1. The van der Waals surface area contributed by atoms with Crippen molar-refractivity contribution in [2.75, 3.05) is 31.2 Å². The molecule has 1 N–H and O–H groups in total. The minimum atomic E-state index is -1.16. The van der Waals surface area contributed by atoms with Crippen molar-refractivity contribution in [1.29, 1.82) is 0 Å². The number of pyridine rings is 1. The molecule has 1 atom stereocenters. The summed E-state index contributed by atoms with van der Waals surface area (Å²) >= 11 is 6.45. The molecule has 1 aliphatic rings. The van der Waals surface area contributed by atoms with E-state index in [9.17, 15) is 14.4 Å². The second-order valence-electron chi connectivity index (χ2n) is 9.05. The summed E-state index contributed by atoms with van der Waals surface area (Å²) in [6.45, 7) is 3.04. The van der Waals surface area contributed by atoms with Gasteiger partial charge in [-0.1, -0.05) is 17.7 Å². The van der Waals surface area contributed by atoms with Gasteiger partial charge in [0.1, 0.15) is 0 Å². The Hall–Kier alpha value is -3.66. The summed E-state index contributed by atoms with van der Waals surface area (Å²) in [5, 5.41) is 10.1. The predicted octanol–water partition coefficient (Wildman–Crippen LogP) is 3.21. The molecule has 4 rings (SSSR count). The number of aliphatic carboxylic acids is 1. The van der Waals surface area contributed by atoms with Gasteiger partial charge in [-0.3, -0.25) is 9.59 Å². The topological polar surface area (TPSA) is 124 Å². The van der Waals surface area contributed by atoms with Crippen LogP contribution in [-0.4, -0.2) is 57.9 Å². The highest BCUT2D eigenvalue weighted by Crippen LogP contribution is 2.26. The molecule has 10 nitrogen and oxygen atoms in total. The Morgan fingerprint density at radius 2 is 2.08 bits per heavy atom. The van der Waals surface area contributed by atoms with E-state index in [0.717, 1.165) is 30.3 Å². The fraction of sp³-hybridized carbons (Fsp3) is 0.423. The number of ether oxygens (including phenoxy) is 2. The number of fused-ring (bicyclic) bond motifs is 1. The van der Waals surface area contributed by atoms with Crippen LogP contribution < -0.4 is 15.2 Å². The molecule has 1 saturated heterocycles. The predicted molar refractivity (Wildman–Crippen MR) is 138 cm³/mol. The quantitative estimate of drug-likeness (QED) is 0.417. The van der Waals surface area contributed by atoms with Crippen LogP contribution in [0.4, 0.5) is 5.95 Å². The van der Waals surface area contributed by atoms with E-state index in [-0.39, 0.29) is 17.6 Å². The number of rotatable bonds is 9. The molecule has 1 aromatic carbocycles. The zero-order valence-corrected chi connectivity index (χ0v) is 21.5. The van der Waals surface area contributed by atoms with Crippen LogP contribution >= 0.6 is 11.6 Å². The fourth-order valence-corrected chi connectivity index (χ4v) is 4.74. The number of carbonyl (C=O) groups is 2. The van der Waals surface area contributed by atoms with E-state index in [1.165, 1.54) is 4.57 Å². The first-order valence-electron chi connectivity index (χ1n) is 12.1. The minimum absolute atomic E-state index is 0.0284. The smallest absolute Gasteiger partial charge is 0.341 e. The lowest BCUT2D eigenvalue weighted by molar-refractivity contribution is -0.144. The van der Waals surface area contributed by atoms with Crippen LogP contribution in [0.2, 0.25) is 5.02 Å². The molecule has 1 fully saturated rings. The summed E-state index contributed by atoms with van der Waals surface area (Å²) < 4.78 is 11.7. The van der Waals surface area contributed by atoms with Crippen LogP contribution in [0.25, 0.3) is 10.9 Å². The maximum atomic E-state index is 12.5. The SMILES string of the molecule is CCOC(=O)CC1CCCN(c2ncc(Cl)c(Cc3ccc4c(c3)cc(OCC(=O)O)c(=O)n4C)n2)C1. The normalized spacial score (nSPS) is 15.5. The molecule has 0 saturated carbocycles. The van der Waals surface area contributed by atoms with Crippen LogP contribution in [0.1, 0.15) is 37.4 Å². The van der Waals surface area contributed by atoms with Gasteiger partial charge >= 0.3 is 11.9 Å². The average molecular weight is 529 g/mol. The number of halogens is 1. The first-order valence-corrected chi connectivity index (χ1v) is 12.5. The van der Waals surface area contributed by atoms with Gasteiger partial charge in [0.15, 0.2) is 12.4 Å². The Balaban J connectivity index is 1.55. The number of carboxylic acids is 1. The van der Waals surface area contributed by atoms with E-state index in [0.29, 0.717) is 48.2 Å². The summed E-state index contributed by atoms with van der Waals surface area (Å²) in [5.41, 5.74) is 1.84. The van der Waals surface area contributed by atoms with Crippen LogP contribution in [0.3, 0.4) is 0 Å². The Morgan fingerprint density at radius 1 is 1.27 bits per heavy atom. The number of anilines is 1. The highest BCUT2D eigenvalue weighted by molar-refractivity contribution is 6.31. The zero-order chi connectivity index (χ0) is 26.5. The van der Waals surface area contributed by atoms with Gasteiger partial charge in [-0.2, -0.15) is 0 Å². The maximum Gasteiger partial charge on any atom is 0.341 e. The van der Waals surface area contributed by atoms with Crippen molar-refractivity contribution in [3.8, 4) is 5.75 Å². The average Bonchev–Trinajstić information content (AvgIpc) is 2.87. The molecule has 196 valence electrons. The van der Waals surface area contributed by atoms with Crippen molar-refractivity contribution in [1.82, 2.24) is 14.5 Å². The van der Waals surface area contributed by atoms with Crippen molar-refractivity contribution in [2.24, 2.45) is 13.0 Å². The third-order valence-electron chi connectivity index (χ3n) is 6.34. The molecule has 0 radical (unpaired) electrons. The minimum Gasteiger partial charge on any atom is -0.479 e. The van der Waals surface area contributed by atoms with Gasteiger partial charge in [0, 0.05) is 31.9 Å². The Labute approximate surface area is 218 Å². The van der Waals surface area contributed by atoms with Gasteiger partial charge in [-0.25, -0.2) is 14.8 Å². The Morgan fingerprint density at radius 3 is 2.84 bits per heavy atom. The standard InChI is InChI=1S/C26H29ClN4O6/c1-3-36-24(34)11-17-5-4-8-31(14-17)26-28-13-19(27)20(29-26)10-16-6-7-21-18(9-16)12-22(25(35)30(21)2)37-15-23(32)33/h6-7,9,12-13,17H,3-5,8,10-11,14-15H2,1-2H3,(H,32,33). The monoisotopic (exact) mass is 528 g/mol. The van der Waals surface area contributed by atoms with Crippen LogP contribution in [0.15, 0.2) is 35.3 Å². The van der Waals surface area contributed by atoms with Crippen molar-refractivity contribution >= 4 is 40.4 Å². The Kier molecular flexibility index (Phi) is 8.27. The van der Waals surface area contributed by atoms with Crippen molar-refractivity contribution in [2.45, 2.75) is 32.6 Å². The van der Waals surface area contributed by atoms with Gasteiger partial charge in [0.25, 0.3) is 5.56 Å². The lowest BCUT2D eigenvalue weighted by atomic mass is 9.95. The maximum absolute atomic E-state index is 12.5. The van der Waals surface area contributed by atoms with Crippen molar-refractivity contribution in [3.63, 3.8) is 0 Å².